The average molecular weight is 415 g/mol. The van der Waals surface area contributed by atoms with E-state index < -0.39 is 0 Å². The maximum atomic E-state index is 12.1. The lowest BCUT2D eigenvalue weighted by molar-refractivity contribution is 0.289. The number of hydrogen-bond donors (Lipinski definition) is 1. The Hall–Kier alpha value is -2.85. The smallest absolute Gasteiger partial charge is 0.258 e. The lowest BCUT2D eigenvalue weighted by atomic mass is 10.1. The predicted molar refractivity (Wildman–Crippen MR) is 109 cm³/mol. The summed E-state index contributed by atoms with van der Waals surface area (Å²) >= 11 is 2.79. The Labute approximate surface area is 169 Å². The minimum atomic E-state index is -0.0985. The fourth-order valence-corrected chi connectivity index (χ4v) is 4.21. The van der Waals surface area contributed by atoms with Crippen LogP contribution in [0.4, 0.5) is 0 Å². The van der Waals surface area contributed by atoms with E-state index in [0.717, 1.165) is 11.3 Å². The Morgan fingerprint density at radius 2 is 2.11 bits per heavy atom. The number of hydrogen-bond acceptors (Lipinski definition) is 8. The SMILES string of the molecule is Cc1ccc(OCc2nnc(SCc3cc(=O)n4ccsc4n3)n2N)c(C)c1. The Balaban J connectivity index is 1.43. The standard InChI is InChI=1S/C18H18N6O2S2/c1-11-3-4-14(12(2)7-11)26-9-15-21-22-18(24(15)19)28-10-13-8-16(25)23-5-6-27-17(23)20-13/h3-8H,9-10,19H2,1-2H3. The van der Waals surface area contributed by atoms with Crippen LogP contribution in [0, 0.1) is 13.8 Å². The average Bonchev–Trinajstić information content (AvgIpc) is 3.27. The van der Waals surface area contributed by atoms with Crippen molar-refractivity contribution in [3.8, 4) is 5.75 Å². The molecule has 0 amide bonds. The molecular formula is C18H18N6O2S2. The molecule has 0 bridgehead atoms. The van der Waals surface area contributed by atoms with Gasteiger partial charge in [-0.05, 0) is 25.5 Å². The number of thiazole rings is 1. The fraction of sp³-hybridized carbons (Fsp3) is 0.222. The van der Waals surface area contributed by atoms with Gasteiger partial charge in [0.15, 0.2) is 10.8 Å². The van der Waals surface area contributed by atoms with Crippen LogP contribution in [-0.2, 0) is 12.4 Å². The number of nitrogens with zero attached hydrogens (tertiary/aromatic N) is 5. The molecule has 3 heterocycles. The summed E-state index contributed by atoms with van der Waals surface area (Å²) in [7, 11) is 0. The molecule has 0 atom stereocenters. The number of nitrogens with two attached hydrogens (primary N) is 1. The second-order valence-electron chi connectivity index (χ2n) is 6.26. The van der Waals surface area contributed by atoms with Gasteiger partial charge in [-0.15, -0.1) is 21.5 Å². The summed E-state index contributed by atoms with van der Waals surface area (Å²) in [4.78, 5) is 17.2. The van der Waals surface area contributed by atoms with Crippen molar-refractivity contribution in [2.75, 3.05) is 5.84 Å². The van der Waals surface area contributed by atoms with E-state index in [2.05, 4.69) is 21.2 Å². The van der Waals surface area contributed by atoms with Gasteiger partial charge in [-0.2, -0.15) is 0 Å². The summed E-state index contributed by atoms with van der Waals surface area (Å²) in [5.74, 6) is 7.88. The number of benzene rings is 1. The molecule has 4 rings (SSSR count). The van der Waals surface area contributed by atoms with Gasteiger partial charge in [0.1, 0.15) is 12.4 Å². The Morgan fingerprint density at radius 1 is 1.25 bits per heavy atom. The van der Waals surface area contributed by atoms with Crippen LogP contribution in [0.2, 0.25) is 0 Å². The summed E-state index contributed by atoms with van der Waals surface area (Å²) in [5, 5.41) is 10.6. The van der Waals surface area contributed by atoms with Gasteiger partial charge in [0, 0.05) is 23.4 Å². The van der Waals surface area contributed by atoms with Gasteiger partial charge < -0.3 is 10.6 Å². The van der Waals surface area contributed by atoms with Crippen LogP contribution < -0.4 is 16.1 Å². The molecule has 8 nitrogen and oxygen atoms in total. The molecule has 1 aromatic carbocycles. The molecule has 4 aromatic rings. The van der Waals surface area contributed by atoms with Crippen molar-refractivity contribution in [1.82, 2.24) is 24.3 Å². The van der Waals surface area contributed by atoms with E-state index in [0.29, 0.717) is 27.4 Å². The lowest BCUT2D eigenvalue weighted by Gasteiger charge is -2.09. The second kappa shape index (κ2) is 7.64. The van der Waals surface area contributed by atoms with Gasteiger partial charge in [-0.25, -0.2) is 9.66 Å². The highest BCUT2D eigenvalue weighted by Gasteiger charge is 2.13. The highest BCUT2D eigenvalue weighted by molar-refractivity contribution is 7.98. The number of rotatable bonds is 6. The fourth-order valence-electron chi connectivity index (χ4n) is 2.71. The first-order chi connectivity index (χ1) is 13.5. The number of ether oxygens (including phenoxy) is 1. The molecule has 0 aliphatic carbocycles. The van der Waals surface area contributed by atoms with Gasteiger partial charge in [-0.1, -0.05) is 29.5 Å². The van der Waals surface area contributed by atoms with Gasteiger partial charge >= 0.3 is 0 Å². The number of aromatic nitrogens is 5. The van der Waals surface area contributed by atoms with Crippen LogP contribution >= 0.6 is 23.1 Å². The highest BCUT2D eigenvalue weighted by Crippen LogP contribution is 2.22. The van der Waals surface area contributed by atoms with Gasteiger partial charge in [0.2, 0.25) is 5.16 Å². The van der Waals surface area contributed by atoms with Crippen LogP contribution in [0.3, 0.4) is 0 Å². The molecule has 2 N–H and O–H groups in total. The third kappa shape index (κ3) is 3.73. The van der Waals surface area contributed by atoms with E-state index in [1.54, 1.807) is 6.20 Å². The van der Waals surface area contributed by atoms with Gasteiger partial charge in [0.25, 0.3) is 5.56 Å². The molecule has 0 saturated carbocycles. The Morgan fingerprint density at radius 3 is 2.93 bits per heavy atom. The first kappa shape index (κ1) is 18.5. The van der Waals surface area contributed by atoms with E-state index in [9.17, 15) is 4.79 Å². The van der Waals surface area contributed by atoms with Gasteiger partial charge in [-0.3, -0.25) is 9.20 Å². The molecule has 0 unspecified atom stereocenters. The van der Waals surface area contributed by atoms with Crippen molar-refractivity contribution in [2.45, 2.75) is 31.4 Å². The highest BCUT2D eigenvalue weighted by atomic mass is 32.2. The number of aryl methyl sites for hydroxylation is 2. The van der Waals surface area contributed by atoms with Crippen LogP contribution in [0.25, 0.3) is 4.96 Å². The monoisotopic (exact) mass is 414 g/mol. The first-order valence-corrected chi connectivity index (χ1v) is 10.4. The summed E-state index contributed by atoms with van der Waals surface area (Å²) < 4.78 is 8.75. The normalized spacial score (nSPS) is 11.2. The third-order valence-corrected chi connectivity index (χ3v) is 5.86. The maximum Gasteiger partial charge on any atom is 0.258 e. The minimum Gasteiger partial charge on any atom is -0.485 e. The molecule has 0 aliphatic heterocycles. The first-order valence-electron chi connectivity index (χ1n) is 8.49. The molecule has 0 aliphatic rings. The molecule has 28 heavy (non-hydrogen) atoms. The zero-order valence-corrected chi connectivity index (χ0v) is 17.0. The maximum absolute atomic E-state index is 12.1. The number of nitrogen functional groups attached to an aromatic ring is 1. The summed E-state index contributed by atoms with van der Waals surface area (Å²) in [6.45, 7) is 4.25. The summed E-state index contributed by atoms with van der Waals surface area (Å²) in [6, 6.07) is 7.51. The van der Waals surface area contributed by atoms with Crippen LogP contribution in [0.15, 0.2) is 45.8 Å². The van der Waals surface area contributed by atoms with Crippen molar-refractivity contribution in [3.63, 3.8) is 0 Å². The largest absolute Gasteiger partial charge is 0.485 e. The quantitative estimate of drug-likeness (QED) is 0.382. The van der Waals surface area contributed by atoms with E-state index in [1.807, 2.05) is 31.4 Å². The molecule has 0 saturated heterocycles. The zero-order valence-electron chi connectivity index (χ0n) is 15.3. The molecule has 0 radical (unpaired) electrons. The van der Waals surface area contributed by atoms with Crippen molar-refractivity contribution < 1.29 is 4.74 Å². The molecule has 10 heteroatoms. The molecule has 0 fully saturated rings. The van der Waals surface area contributed by atoms with E-state index in [4.69, 9.17) is 10.6 Å². The Bertz CT molecular complexity index is 1200. The minimum absolute atomic E-state index is 0.0985. The molecular weight excluding hydrogens is 396 g/mol. The summed E-state index contributed by atoms with van der Waals surface area (Å²) in [5.41, 5.74) is 2.81. The predicted octanol–water partition coefficient (Wildman–Crippen LogP) is 2.55. The van der Waals surface area contributed by atoms with Crippen molar-refractivity contribution >= 4 is 28.1 Å². The third-order valence-electron chi connectivity index (χ3n) is 4.13. The van der Waals surface area contributed by atoms with Crippen LogP contribution in [0.5, 0.6) is 5.75 Å². The Kier molecular flexibility index (Phi) is 5.05. The summed E-state index contributed by atoms with van der Waals surface area (Å²) in [6.07, 6.45) is 1.71. The zero-order chi connectivity index (χ0) is 19.7. The van der Waals surface area contributed by atoms with Crippen LogP contribution in [-0.4, -0.2) is 24.3 Å². The lowest BCUT2D eigenvalue weighted by Crippen LogP contribution is -2.16. The van der Waals surface area contributed by atoms with Crippen LogP contribution in [0.1, 0.15) is 22.6 Å². The molecule has 3 aromatic heterocycles. The molecule has 144 valence electrons. The second-order valence-corrected chi connectivity index (χ2v) is 8.07. The van der Waals surface area contributed by atoms with Crippen molar-refractivity contribution in [1.29, 1.82) is 0 Å². The topological polar surface area (TPSA) is 100 Å². The number of fused-ring (bicyclic) bond motifs is 1. The van der Waals surface area contributed by atoms with Gasteiger partial charge in [0.05, 0.1) is 5.69 Å². The van der Waals surface area contributed by atoms with E-state index in [1.165, 1.54) is 43.8 Å². The van der Waals surface area contributed by atoms with Crippen molar-refractivity contribution in [3.05, 3.63) is 68.8 Å². The van der Waals surface area contributed by atoms with E-state index >= 15 is 0 Å². The van der Waals surface area contributed by atoms with Crippen molar-refractivity contribution in [2.24, 2.45) is 0 Å². The molecule has 0 spiro atoms. The number of thioether (sulfide) groups is 1. The van der Waals surface area contributed by atoms with E-state index in [-0.39, 0.29) is 12.2 Å².